The first kappa shape index (κ1) is 17.7. The fourth-order valence-corrected chi connectivity index (χ4v) is 4.69. The van der Waals surface area contributed by atoms with Gasteiger partial charge in [0.05, 0.1) is 19.3 Å². The third-order valence-corrected chi connectivity index (χ3v) is 6.08. The Labute approximate surface area is 153 Å². The second-order valence-corrected chi connectivity index (χ2v) is 7.72. The summed E-state index contributed by atoms with van der Waals surface area (Å²) in [6, 6.07) is -0.574. The summed E-state index contributed by atoms with van der Waals surface area (Å²) < 4.78 is 11.2. The summed E-state index contributed by atoms with van der Waals surface area (Å²) in [4.78, 5) is 41.0. The third-order valence-electron chi connectivity index (χ3n) is 6.08. The van der Waals surface area contributed by atoms with Crippen molar-refractivity contribution in [2.75, 3.05) is 26.3 Å². The molecule has 4 amide bonds. The van der Waals surface area contributed by atoms with E-state index in [1.54, 1.807) is 4.90 Å². The number of nitrogens with zero attached hydrogens (tertiary/aromatic N) is 2. The van der Waals surface area contributed by atoms with E-state index in [4.69, 9.17) is 9.47 Å². The molecule has 144 valence electrons. The van der Waals surface area contributed by atoms with Crippen molar-refractivity contribution < 1.29 is 23.9 Å². The first-order valence-electron chi connectivity index (χ1n) is 9.77. The van der Waals surface area contributed by atoms with Crippen molar-refractivity contribution in [3.63, 3.8) is 0 Å². The van der Waals surface area contributed by atoms with Gasteiger partial charge in [-0.15, -0.1) is 0 Å². The van der Waals surface area contributed by atoms with Crippen LogP contribution in [0.2, 0.25) is 0 Å². The molecule has 1 unspecified atom stereocenters. The van der Waals surface area contributed by atoms with E-state index in [1.807, 2.05) is 0 Å². The lowest BCUT2D eigenvalue weighted by Gasteiger charge is -2.38. The van der Waals surface area contributed by atoms with Crippen molar-refractivity contribution in [3.8, 4) is 0 Å². The molecule has 0 radical (unpaired) electrons. The molecule has 0 aromatic carbocycles. The lowest BCUT2D eigenvalue weighted by Crippen LogP contribution is -2.54. The molecule has 8 heteroatoms. The zero-order valence-electron chi connectivity index (χ0n) is 15.1. The van der Waals surface area contributed by atoms with Crippen LogP contribution >= 0.6 is 0 Å². The minimum absolute atomic E-state index is 0.136. The molecule has 3 saturated heterocycles. The van der Waals surface area contributed by atoms with Gasteiger partial charge in [0, 0.05) is 6.54 Å². The lowest BCUT2D eigenvalue weighted by atomic mass is 9.82. The van der Waals surface area contributed by atoms with Gasteiger partial charge in [-0.3, -0.25) is 14.5 Å². The number of nitrogens with one attached hydrogen (secondary N) is 1. The van der Waals surface area contributed by atoms with Crippen LogP contribution in [0.3, 0.4) is 0 Å². The third kappa shape index (κ3) is 3.09. The molecule has 3 aliphatic heterocycles. The van der Waals surface area contributed by atoms with Crippen molar-refractivity contribution >= 4 is 17.8 Å². The van der Waals surface area contributed by atoms with E-state index < -0.39 is 17.9 Å². The number of likely N-dealkylation sites (tertiary alicyclic amines) is 1. The quantitative estimate of drug-likeness (QED) is 0.754. The van der Waals surface area contributed by atoms with Gasteiger partial charge in [0.25, 0.3) is 5.91 Å². The number of carbonyl (C=O) groups excluding carboxylic acids is 3. The Bertz CT molecular complexity index is 583. The molecule has 1 saturated carbocycles. The Morgan fingerprint density at radius 2 is 1.81 bits per heavy atom. The highest BCUT2D eigenvalue weighted by molar-refractivity contribution is 6.09. The lowest BCUT2D eigenvalue weighted by molar-refractivity contribution is -0.153. The Morgan fingerprint density at radius 3 is 2.54 bits per heavy atom. The Hall–Kier alpha value is -1.67. The zero-order valence-corrected chi connectivity index (χ0v) is 15.1. The topological polar surface area (TPSA) is 88.2 Å². The molecular formula is C18H27N3O5. The number of urea groups is 1. The first-order chi connectivity index (χ1) is 12.6. The molecule has 0 aromatic heterocycles. The number of ether oxygens (including phenoxy) is 2. The molecular weight excluding hydrogens is 338 g/mol. The van der Waals surface area contributed by atoms with Crippen LogP contribution in [0, 0.1) is 0 Å². The van der Waals surface area contributed by atoms with E-state index in [2.05, 4.69) is 5.32 Å². The van der Waals surface area contributed by atoms with Gasteiger partial charge in [0.2, 0.25) is 5.91 Å². The van der Waals surface area contributed by atoms with E-state index in [1.165, 1.54) is 0 Å². The highest BCUT2D eigenvalue weighted by atomic mass is 16.7. The van der Waals surface area contributed by atoms with Crippen LogP contribution in [-0.4, -0.2) is 71.8 Å². The van der Waals surface area contributed by atoms with Gasteiger partial charge in [-0.2, -0.15) is 0 Å². The Morgan fingerprint density at radius 1 is 1.08 bits per heavy atom. The number of imide groups is 1. The monoisotopic (exact) mass is 365 g/mol. The van der Waals surface area contributed by atoms with Crippen molar-refractivity contribution in [1.29, 1.82) is 0 Å². The smallest absolute Gasteiger partial charge is 0.325 e. The fourth-order valence-electron chi connectivity index (χ4n) is 4.69. The molecule has 1 atom stereocenters. The summed E-state index contributed by atoms with van der Waals surface area (Å²) >= 11 is 0. The van der Waals surface area contributed by atoms with Gasteiger partial charge in [-0.1, -0.05) is 19.3 Å². The number of hydrogen-bond acceptors (Lipinski definition) is 5. The van der Waals surface area contributed by atoms with Gasteiger partial charge >= 0.3 is 6.03 Å². The minimum Gasteiger partial charge on any atom is -0.348 e. The molecule has 1 spiro atoms. The number of amides is 4. The van der Waals surface area contributed by atoms with Gasteiger partial charge in [0.1, 0.15) is 12.1 Å². The predicted octanol–water partition coefficient (Wildman–Crippen LogP) is 0.995. The van der Waals surface area contributed by atoms with Crippen LogP contribution < -0.4 is 5.32 Å². The SMILES string of the molecule is O=C1NC2(CCCCC2)C(=O)N1CC(=O)N1CCCCC1C1OCCO1. The van der Waals surface area contributed by atoms with Crippen molar-refractivity contribution in [3.05, 3.63) is 0 Å². The predicted molar refractivity (Wildman–Crippen MR) is 91.1 cm³/mol. The van der Waals surface area contributed by atoms with Crippen molar-refractivity contribution in [2.24, 2.45) is 0 Å². The molecule has 4 aliphatic rings. The highest BCUT2D eigenvalue weighted by Crippen LogP contribution is 2.34. The van der Waals surface area contributed by atoms with E-state index in [0.29, 0.717) is 32.6 Å². The van der Waals surface area contributed by atoms with Crippen molar-refractivity contribution in [1.82, 2.24) is 15.1 Å². The van der Waals surface area contributed by atoms with E-state index in [-0.39, 0.29) is 24.4 Å². The van der Waals surface area contributed by atoms with E-state index >= 15 is 0 Å². The van der Waals surface area contributed by atoms with Crippen LogP contribution in [0.5, 0.6) is 0 Å². The zero-order chi connectivity index (χ0) is 18.1. The average molecular weight is 365 g/mol. The summed E-state index contributed by atoms with van der Waals surface area (Å²) in [5, 5.41) is 2.86. The molecule has 1 N–H and O–H groups in total. The molecule has 8 nitrogen and oxygen atoms in total. The summed E-state index contributed by atoms with van der Waals surface area (Å²) in [7, 11) is 0. The van der Waals surface area contributed by atoms with Gasteiger partial charge < -0.3 is 19.7 Å². The number of carbonyl (C=O) groups is 3. The summed E-state index contributed by atoms with van der Waals surface area (Å²) in [6.45, 7) is 1.49. The fraction of sp³-hybridized carbons (Fsp3) is 0.833. The molecule has 3 heterocycles. The second-order valence-electron chi connectivity index (χ2n) is 7.72. The number of hydrogen-bond donors (Lipinski definition) is 1. The normalized spacial score (nSPS) is 29.5. The average Bonchev–Trinajstić information content (AvgIpc) is 3.26. The minimum atomic E-state index is -0.783. The maximum Gasteiger partial charge on any atom is 0.325 e. The largest absolute Gasteiger partial charge is 0.348 e. The first-order valence-corrected chi connectivity index (χ1v) is 9.77. The van der Waals surface area contributed by atoms with Crippen LogP contribution in [-0.2, 0) is 19.1 Å². The molecule has 4 rings (SSSR count). The maximum absolute atomic E-state index is 12.9. The van der Waals surface area contributed by atoms with Gasteiger partial charge in [-0.05, 0) is 32.1 Å². The van der Waals surface area contributed by atoms with Gasteiger partial charge in [-0.25, -0.2) is 4.79 Å². The molecule has 0 bridgehead atoms. The molecule has 26 heavy (non-hydrogen) atoms. The summed E-state index contributed by atoms with van der Waals surface area (Å²) in [5.41, 5.74) is -0.783. The Kier molecular flexibility index (Phi) is 4.88. The molecule has 0 aromatic rings. The van der Waals surface area contributed by atoms with Crippen LogP contribution in [0.15, 0.2) is 0 Å². The number of rotatable bonds is 3. The summed E-state index contributed by atoms with van der Waals surface area (Å²) in [5.74, 6) is -0.442. The number of piperidine rings is 1. The van der Waals surface area contributed by atoms with Crippen LogP contribution in [0.25, 0.3) is 0 Å². The highest BCUT2D eigenvalue weighted by Gasteiger charge is 2.52. The van der Waals surface area contributed by atoms with Crippen molar-refractivity contribution in [2.45, 2.75) is 69.2 Å². The maximum atomic E-state index is 12.9. The second kappa shape index (κ2) is 7.15. The molecule has 1 aliphatic carbocycles. The Balaban J connectivity index is 1.44. The standard InChI is InChI=1S/C18H27N3O5/c22-14(20-9-5-2-6-13(20)15-25-10-11-26-15)12-21-16(23)18(19-17(21)24)7-3-1-4-8-18/h13,15H,1-12H2,(H,19,24). The molecule has 4 fully saturated rings. The van der Waals surface area contributed by atoms with E-state index in [0.717, 1.165) is 43.4 Å². The van der Waals surface area contributed by atoms with E-state index in [9.17, 15) is 14.4 Å². The summed E-state index contributed by atoms with van der Waals surface area (Å²) in [6.07, 6.45) is 6.63. The van der Waals surface area contributed by atoms with Crippen LogP contribution in [0.1, 0.15) is 51.4 Å². The van der Waals surface area contributed by atoms with Gasteiger partial charge in [0.15, 0.2) is 6.29 Å². The van der Waals surface area contributed by atoms with Crippen LogP contribution in [0.4, 0.5) is 4.79 Å².